The number of hydrogen-bond donors (Lipinski definition) is 0. The SMILES string of the molecule is Cc1ccc2oc3cc4ccccc4cc3c(=O)c2c1. The van der Waals surface area contributed by atoms with Crippen molar-refractivity contribution in [2.75, 3.05) is 0 Å². The number of fused-ring (bicyclic) bond motifs is 3. The van der Waals surface area contributed by atoms with Crippen molar-refractivity contribution in [3.63, 3.8) is 0 Å². The Morgan fingerprint density at radius 1 is 0.800 bits per heavy atom. The first-order valence-electron chi connectivity index (χ1n) is 6.58. The van der Waals surface area contributed by atoms with E-state index >= 15 is 0 Å². The van der Waals surface area contributed by atoms with Crippen molar-refractivity contribution in [2.45, 2.75) is 6.92 Å². The largest absolute Gasteiger partial charge is 0.456 e. The molecule has 0 fully saturated rings. The van der Waals surface area contributed by atoms with E-state index in [4.69, 9.17) is 4.42 Å². The molecule has 1 aromatic heterocycles. The molecule has 1 heterocycles. The van der Waals surface area contributed by atoms with Crippen LogP contribution in [0.4, 0.5) is 0 Å². The molecule has 0 aliphatic carbocycles. The Kier molecular flexibility index (Phi) is 2.21. The number of benzene rings is 3. The molecule has 0 atom stereocenters. The molecular formula is C18H12O2. The van der Waals surface area contributed by atoms with Gasteiger partial charge in [-0.25, -0.2) is 0 Å². The summed E-state index contributed by atoms with van der Waals surface area (Å²) in [5, 5.41) is 3.42. The normalized spacial score (nSPS) is 11.4. The van der Waals surface area contributed by atoms with Crippen molar-refractivity contribution in [1.82, 2.24) is 0 Å². The summed E-state index contributed by atoms with van der Waals surface area (Å²) in [5.41, 5.74) is 2.38. The Balaban J connectivity index is 2.26. The van der Waals surface area contributed by atoms with Crippen LogP contribution in [0.25, 0.3) is 32.7 Å². The minimum Gasteiger partial charge on any atom is -0.456 e. The molecule has 0 saturated carbocycles. The van der Waals surface area contributed by atoms with Gasteiger partial charge in [0.2, 0.25) is 5.43 Å². The summed E-state index contributed by atoms with van der Waals surface area (Å²) in [7, 11) is 0. The summed E-state index contributed by atoms with van der Waals surface area (Å²) in [4.78, 5) is 12.6. The Hall–Kier alpha value is -2.61. The van der Waals surface area contributed by atoms with Crippen LogP contribution >= 0.6 is 0 Å². The van der Waals surface area contributed by atoms with Crippen molar-refractivity contribution in [3.8, 4) is 0 Å². The molecule has 2 nitrogen and oxygen atoms in total. The fourth-order valence-electron chi connectivity index (χ4n) is 2.66. The number of hydrogen-bond acceptors (Lipinski definition) is 2. The van der Waals surface area contributed by atoms with Crippen LogP contribution in [0.2, 0.25) is 0 Å². The topological polar surface area (TPSA) is 30.2 Å². The summed E-state index contributed by atoms with van der Waals surface area (Å²) in [5.74, 6) is 0. The minimum atomic E-state index is 0.0377. The Morgan fingerprint density at radius 3 is 2.30 bits per heavy atom. The lowest BCUT2D eigenvalue weighted by Crippen LogP contribution is -2.02. The highest BCUT2D eigenvalue weighted by atomic mass is 16.3. The van der Waals surface area contributed by atoms with Gasteiger partial charge in [-0.15, -0.1) is 0 Å². The maximum absolute atomic E-state index is 12.6. The molecule has 0 radical (unpaired) electrons. The van der Waals surface area contributed by atoms with E-state index in [1.807, 2.05) is 61.5 Å². The third kappa shape index (κ3) is 1.55. The first-order valence-corrected chi connectivity index (χ1v) is 6.58. The molecule has 0 aliphatic rings. The van der Waals surface area contributed by atoms with Crippen molar-refractivity contribution >= 4 is 32.7 Å². The van der Waals surface area contributed by atoms with Crippen LogP contribution in [0.3, 0.4) is 0 Å². The standard InChI is InChI=1S/C18H12O2/c1-11-6-7-16-14(8-11)18(19)15-9-12-4-2-3-5-13(12)10-17(15)20-16/h2-10H,1H3. The monoisotopic (exact) mass is 260 g/mol. The molecule has 3 aromatic carbocycles. The van der Waals surface area contributed by atoms with E-state index in [0.29, 0.717) is 21.9 Å². The Bertz CT molecular complexity index is 1030. The van der Waals surface area contributed by atoms with E-state index in [0.717, 1.165) is 16.3 Å². The van der Waals surface area contributed by atoms with Crippen molar-refractivity contribution < 1.29 is 4.42 Å². The zero-order valence-electron chi connectivity index (χ0n) is 11.0. The quantitative estimate of drug-likeness (QED) is 0.438. The van der Waals surface area contributed by atoms with E-state index in [2.05, 4.69) is 0 Å². The lowest BCUT2D eigenvalue weighted by Gasteiger charge is -2.04. The molecule has 20 heavy (non-hydrogen) atoms. The van der Waals surface area contributed by atoms with Gasteiger partial charge < -0.3 is 4.42 Å². The lowest BCUT2D eigenvalue weighted by molar-refractivity contribution is 0.660. The maximum atomic E-state index is 12.6. The molecule has 0 bridgehead atoms. The summed E-state index contributed by atoms with van der Waals surface area (Å²) >= 11 is 0. The van der Waals surface area contributed by atoms with Gasteiger partial charge in [-0.2, -0.15) is 0 Å². The van der Waals surface area contributed by atoms with Gasteiger partial charge in [0.25, 0.3) is 0 Å². The van der Waals surface area contributed by atoms with Gasteiger partial charge in [0.15, 0.2) is 0 Å². The zero-order valence-corrected chi connectivity index (χ0v) is 11.0. The van der Waals surface area contributed by atoms with Crippen LogP contribution < -0.4 is 5.43 Å². The minimum absolute atomic E-state index is 0.0377. The molecule has 96 valence electrons. The van der Waals surface area contributed by atoms with E-state index in [-0.39, 0.29) is 5.43 Å². The van der Waals surface area contributed by atoms with Crippen molar-refractivity contribution in [3.05, 3.63) is 70.4 Å². The van der Waals surface area contributed by atoms with Crippen LogP contribution in [-0.4, -0.2) is 0 Å². The average Bonchev–Trinajstić information content (AvgIpc) is 2.47. The van der Waals surface area contributed by atoms with E-state index < -0.39 is 0 Å². The molecule has 0 unspecified atom stereocenters. The number of aryl methyl sites for hydroxylation is 1. The van der Waals surface area contributed by atoms with Crippen LogP contribution in [0.1, 0.15) is 5.56 Å². The second-order valence-electron chi connectivity index (χ2n) is 5.13. The highest BCUT2D eigenvalue weighted by Crippen LogP contribution is 2.24. The highest BCUT2D eigenvalue weighted by molar-refractivity contribution is 5.99. The first-order chi connectivity index (χ1) is 9.72. The van der Waals surface area contributed by atoms with Gasteiger partial charge in [-0.3, -0.25) is 4.79 Å². The molecule has 0 aliphatic heterocycles. The lowest BCUT2D eigenvalue weighted by atomic mass is 10.1. The van der Waals surface area contributed by atoms with Gasteiger partial charge in [-0.05, 0) is 42.0 Å². The number of rotatable bonds is 0. The maximum Gasteiger partial charge on any atom is 0.200 e. The molecule has 0 amide bonds. The third-order valence-electron chi connectivity index (χ3n) is 3.69. The van der Waals surface area contributed by atoms with E-state index in [9.17, 15) is 4.79 Å². The molecular weight excluding hydrogens is 248 g/mol. The second-order valence-corrected chi connectivity index (χ2v) is 5.13. The van der Waals surface area contributed by atoms with Crippen molar-refractivity contribution in [2.24, 2.45) is 0 Å². The van der Waals surface area contributed by atoms with Crippen LogP contribution in [0.15, 0.2) is 63.8 Å². The summed E-state index contributed by atoms with van der Waals surface area (Å²) in [6, 6.07) is 17.5. The Labute approximate surface area is 115 Å². The Morgan fingerprint density at radius 2 is 1.50 bits per heavy atom. The first kappa shape index (κ1) is 11.2. The molecule has 0 spiro atoms. The van der Waals surface area contributed by atoms with Gasteiger partial charge >= 0.3 is 0 Å². The predicted molar refractivity (Wildman–Crippen MR) is 82.2 cm³/mol. The third-order valence-corrected chi connectivity index (χ3v) is 3.69. The van der Waals surface area contributed by atoms with Gasteiger partial charge in [0.05, 0.1) is 10.8 Å². The summed E-state index contributed by atoms with van der Waals surface area (Å²) in [6.45, 7) is 1.98. The average molecular weight is 260 g/mol. The van der Waals surface area contributed by atoms with Gasteiger partial charge in [0.1, 0.15) is 11.2 Å². The van der Waals surface area contributed by atoms with Crippen molar-refractivity contribution in [1.29, 1.82) is 0 Å². The summed E-state index contributed by atoms with van der Waals surface area (Å²) in [6.07, 6.45) is 0. The second kappa shape index (κ2) is 3.94. The highest BCUT2D eigenvalue weighted by Gasteiger charge is 2.08. The molecule has 0 saturated heterocycles. The van der Waals surface area contributed by atoms with Crippen LogP contribution in [0, 0.1) is 6.92 Å². The van der Waals surface area contributed by atoms with Crippen LogP contribution in [0.5, 0.6) is 0 Å². The molecule has 2 heteroatoms. The molecule has 4 rings (SSSR count). The predicted octanol–water partition coefficient (Wildman–Crippen LogP) is 4.41. The fraction of sp³-hybridized carbons (Fsp3) is 0.0556. The van der Waals surface area contributed by atoms with E-state index in [1.165, 1.54) is 0 Å². The van der Waals surface area contributed by atoms with Gasteiger partial charge in [0, 0.05) is 0 Å². The van der Waals surface area contributed by atoms with Gasteiger partial charge in [-0.1, -0.05) is 35.9 Å². The van der Waals surface area contributed by atoms with Crippen LogP contribution in [-0.2, 0) is 0 Å². The smallest absolute Gasteiger partial charge is 0.200 e. The van der Waals surface area contributed by atoms with E-state index in [1.54, 1.807) is 0 Å². The molecule has 0 N–H and O–H groups in total. The fourth-order valence-corrected chi connectivity index (χ4v) is 2.66. The summed E-state index contributed by atoms with van der Waals surface area (Å²) < 4.78 is 5.89. The zero-order chi connectivity index (χ0) is 13.7. The molecule has 4 aromatic rings.